The Balaban J connectivity index is 0.000000281. The lowest BCUT2D eigenvalue weighted by Crippen LogP contribution is -2.48. The number of hydrogen-bond donors (Lipinski definition) is 0. The summed E-state index contributed by atoms with van der Waals surface area (Å²) in [6.45, 7) is 27.5. The van der Waals surface area contributed by atoms with E-state index in [-0.39, 0.29) is 0 Å². The van der Waals surface area contributed by atoms with E-state index < -0.39 is 0 Å². The summed E-state index contributed by atoms with van der Waals surface area (Å²) < 4.78 is 0. The zero-order valence-corrected chi connectivity index (χ0v) is 32.0. The fourth-order valence-corrected chi connectivity index (χ4v) is 6.19. The van der Waals surface area contributed by atoms with E-state index in [1.807, 2.05) is 0 Å². The molecule has 0 aliphatic heterocycles. The van der Waals surface area contributed by atoms with Gasteiger partial charge >= 0.3 is 0 Å². The summed E-state index contributed by atoms with van der Waals surface area (Å²) in [5.74, 6) is 0. The van der Waals surface area contributed by atoms with Gasteiger partial charge < -0.3 is 0 Å². The van der Waals surface area contributed by atoms with Gasteiger partial charge in [0.2, 0.25) is 0 Å². The minimum atomic E-state index is 0.349. The normalized spacial score (nSPS) is 21.4. The maximum atomic E-state index is 2.55. The maximum absolute atomic E-state index is 2.55. The van der Waals surface area contributed by atoms with E-state index >= 15 is 0 Å². The van der Waals surface area contributed by atoms with Crippen LogP contribution in [0.25, 0.3) is 0 Å². The van der Waals surface area contributed by atoms with Gasteiger partial charge in [0.1, 0.15) is 0 Å². The van der Waals surface area contributed by atoms with Crippen LogP contribution in [0.3, 0.4) is 0 Å². The van der Waals surface area contributed by atoms with E-state index in [4.69, 9.17) is 0 Å². The Morgan fingerprint density at radius 2 is 0.476 bits per heavy atom. The standard InChI is InChI=1S/C11H23N.C10H21N.C9H19N.C8H17N/c1-11(2,3)12(4)10-8-6-5-7-9-10;1-10(2,3)11(4)9-7-5-6-8-9;1-9(2,3)10(4)8-6-5-7-8;1-8(2,3)9(4)7-5-6-7/h10H,5-9H2,1-4H3;9H,5-8H2,1-4H3;8H,5-7H2,1-4H3;7H,5-6H2,1-4H3. The van der Waals surface area contributed by atoms with E-state index in [1.165, 1.54) is 89.9 Å². The Hall–Kier alpha value is -0.160. The van der Waals surface area contributed by atoms with Crippen molar-refractivity contribution < 1.29 is 0 Å². The molecule has 0 amide bonds. The van der Waals surface area contributed by atoms with Crippen molar-refractivity contribution in [2.24, 2.45) is 0 Å². The van der Waals surface area contributed by atoms with E-state index in [0.29, 0.717) is 22.2 Å². The summed E-state index contributed by atoms with van der Waals surface area (Å²) >= 11 is 0. The largest absolute Gasteiger partial charge is 0.299 e. The van der Waals surface area contributed by atoms with E-state index in [9.17, 15) is 0 Å². The molecular weight excluding hydrogens is 512 g/mol. The first-order valence-corrected chi connectivity index (χ1v) is 18.0. The van der Waals surface area contributed by atoms with Gasteiger partial charge in [0.05, 0.1) is 0 Å². The summed E-state index contributed by atoms with van der Waals surface area (Å²) in [7, 11) is 8.99. The minimum Gasteiger partial charge on any atom is -0.299 e. The van der Waals surface area contributed by atoms with Gasteiger partial charge in [-0.25, -0.2) is 0 Å². The lowest BCUT2D eigenvalue weighted by atomic mass is 9.88. The highest BCUT2D eigenvalue weighted by Crippen LogP contribution is 2.31. The molecule has 0 spiro atoms. The van der Waals surface area contributed by atoms with E-state index in [1.54, 1.807) is 0 Å². The molecule has 42 heavy (non-hydrogen) atoms. The van der Waals surface area contributed by atoms with E-state index in [2.05, 4.69) is 131 Å². The molecule has 0 aromatic rings. The van der Waals surface area contributed by atoms with Crippen LogP contribution in [0.4, 0.5) is 0 Å². The average Bonchev–Trinajstić information content (AvgIpc) is 3.54. The third-order valence-corrected chi connectivity index (χ3v) is 10.9. The molecule has 0 N–H and O–H groups in total. The van der Waals surface area contributed by atoms with Crippen LogP contribution in [0.1, 0.15) is 173 Å². The summed E-state index contributed by atoms with van der Waals surface area (Å²) in [6.07, 6.45) is 19.9. The molecule has 0 radical (unpaired) electrons. The molecule has 0 bridgehead atoms. The molecule has 0 atom stereocenters. The molecule has 4 aliphatic rings. The monoisotopic (exact) mass is 593 g/mol. The number of nitrogens with zero attached hydrogens (tertiary/aromatic N) is 4. The first kappa shape index (κ1) is 39.9. The highest BCUT2D eigenvalue weighted by Gasteiger charge is 2.33. The highest BCUT2D eigenvalue weighted by atomic mass is 15.2. The second-order valence-electron chi connectivity index (χ2n) is 18.2. The Morgan fingerprint density at radius 3 is 0.643 bits per heavy atom. The first-order valence-electron chi connectivity index (χ1n) is 18.0. The Morgan fingerprint density at radius 1 is 0.286 bits per heavy atom. The van der Waals surface area contributed by atoms with Crippen LogP contribution < -0.4 is 0 Å². The molecule has 4 aliphatic carbocycles. The van der Waals surface area contributed by atoms with Crippen molar-refractivity contribution in [1.29, 1.82) is 0 Å². The van der Waals surface area contributed by atoms with Crippen molar-refractivity contribution in [2.75, 3.05) is 28.2 Å². The Labute approximate surface area is 266 Å². The van der Waals surface area contributed by atoms with Gasteiger partial charge in [0.25, 0.3) is 0 Å². The van der Waals surface area contributed by atoms with Crippen LogP contribution in [0.2, 0.25) is 0 Å². The quantitative estimate of drug-likeness (QED) is 0.322. The Kier molecular flexibility index (Phi) is 16.1. The van der Waals surface area contributed by atoms with Crippen LogP contribution in [-0.2, 0) is 0 Å². The molecule has 0 heterocycles. The molecule has 4 nitrogen and oxygen atoms in total. The number of rotatable bonds is 4. The molecule has 0 saturated heterocycles. The van der Waals surface area contributed by atoms with Crippen molar-refractivity contribution in [3.63, 3.8) is 0 Å². The van der Waals surface area contributed by atoms with E-state index in [0.717, 1.165) is 24.2 Å². The summed E-state index contributed by atoms with van der Waals surface area (Å²) in [5, 5.41) is 0. The second-order valence-corrected chi connectivity index (χ2v) is 18.2. The minimum absolute atomic E-state index is 0.349. The van der Waals surface area contributed by atoms with Gasteiger partial charge in [-0.1, -0.05) is 38.5 Å². The number of hydrogen-bond acceptors (Lipinski definition) is 4. The van der Waals surface area contributed by atoms with Crippen LogP contribution >= 0.6 is 0 Å². The average molecular weight is 593 g/mol. The maximum Gasteiger partial charge on any atom is 0.0124 e. The zero-order chi connectivity index (χ0) is 32.5. The zero-order valence-electron chi connectivity index (χ0n) is 32.0. The summed E-state index contributed by atoms with van der Waals surface area (Å²) in [5.41, 5.74) is 1.45. The van der Waals surface area contributed by atoms with Crippen LogP contribution in [0.5, 0.6) is 0 Å². The lowest BCUT2D eigenvalue weighted by molar-refractivity contribution is 0.0685. The van der Waals surface area contributed by atoms with Gasteiger partial charge in [-0.2, -0.15) is 0 Å². The smallest absolute Gasteiger partial charge is 0.0124 e. The molecular formula is C38H80N4. The van der Waals surface area contributed by atoms with Gasteiger partial charge in [-0.15, -0.1) is 0 Å². The molecule has 4 saturated carbocycles. The fourth-order valence-electron chi connectivity index (χ4n) is 6.19. The van der Waals surface area contributed by atoms with Crippen molar-refractivity contribution in [2.45, 2.75) is 219 Å². The highest BCUT2D eigenvalue weighted by molar-refractivity contribution is 4.89. The molecule has 4 fully saturated rings. The van der Waals surface area contributed by atoms with Crippen molar-refractivity contribution >= 4 is 0 Å². The summed E-state index contributed by atoms with van der Waals surface area (Å²) in [4.78, 5) is 10.0. The Bertz CT molecular complexity index is 699. The molecule has 4 rings (SSSR count). The predicted octanol–water partition coefficient (Wildman–Crippen LogP) is 9.86. The van der Waals surface area contributed by atoms with Crippen LogP contribution in [0.15, 0.2) is 0 Å². The van der Waals surface area contributed by atoms with Crippen LogP contribution in [-0.4, -0.2) is 94.1 Å². The molecule has 0 aromatic heterocycles. The van der Waals surface area contributed by atoms with Crippen molar-refractivity contribution in [3.05, 3.63) is 0 Å². The first-order chi connectivity index (χ1) is 19.1. The van der Waals surface area contributed by atoms with Gasteiger partial charge in [-0.05, 0) is 163 Å². The molecule has 0 aromatic carbocycles. The fraction of sp³-hybridized carbons (Fsp3) is 1.00. The predicted molar refractivity (Wildman–Crippen MR) is 190 cm³/mol. The van der Waals surface area contributed by atoms with Crippen LogP contribution in [0, 0.1) is 0 Å². The third kappa shape index (κ3) is 14.7. The SMILES string of the molecule is CN(C1CC1)C(C)(C)C.CN(C1CCC1)C(C)(C)C.CN(C1CCCC1)C(C)(C)C.CN(C1CCCCC1)C(C)(C)C. The third-order valence-electron chi connectivity index (χ3n) is 10.9. The molecule has 252 valence electrons. The second kappa shape index (κ2) is 17.0. The van der Waals surface area contributed by atoms with Gasteiger partial charge in [0.15, 0.2) is 0 Å². The lowest BCUT2D eigenvalue weighted by Gasteiger charge is -2.43. The topological polar surface area (TPSA) is 13.0 Å². The molecule has 0 unspecified atom stereocenters. The molecule has 4 heteroatoms. The van der Waals surface area contributed by atoms with Crippen molar-refractivity contribution in [3.8, 4) is 0 Å². The van der Waals surface area contributed by atoms with Crippen molar-refractivity contribution in [1.82, 2.24) is 19.6 Å². The summed E-state index contributed by atoms with van der Waals surface area (Å²) in [6, 6.07) is 3.47. The van der Waals surface area contributed by atoms with Gasteiger partial charge in [0, 0.05) is 46.3 Å². The van der Waals surface area contributed by atoms with Gasteiger partial charge in [-0.3, -0.25) is 19.6 Å².